The molecule has 0 unspecified atom stereocenters. The molecule has 4 heteroatoms. The molecular weight excluding hydrogens is 430 g/mol. The van der Waals surface area contributed by atoms with Gasteiger partial charge in [0.25, 0.3) is 0 Å². The highest BCUT2D eigenvalue weighted by atomic mass is 16.3. The van der Waals surface area contributed by atoms with Gasteiger partial charge in [0.05, 0.1) is 22.3 Å². The third-order valence-electron chi connectivity index (χ3n) is 6.23. The molecule has 1 N–H and O–H groups in total. The summed E-state index contributed by atoms with van der Waals surface area (Å²) >= 11 is 0. The van der Waals surface area contributed by atoms with Gasteiger partial charge in [0.1, 0.15) is 11.6 Å². The average Bonchev–Trinajstić information content (AvgIpc) is 3.29. The standard InChI is InChI=1S/C31H23N3O/c1-21-17-18-27(32-20-21)23-10-7-9-22(19-23)25-14-8-15-28-30(25)33-31(26-13-5-6-16-29(26)35)34(28)24-11-3-2-4-12-24/h2-20,35H,1H3. The number of hydrogen-bond acceptors (Lipinski definition) is 3. The van der Waals surface area contributed by atoms with Gasteiger partial charge < -0.3 is 5.11 Å². The summed E-state index contributed by atoms with van der Waals surface area (Å²) in [5, 5.41) is 10.7. The first kappa shape index (κ1) is 20.9. The summed E-state index contributed by atoms with van der Waals surface area (Å²) in [6, 6.07) is 36.2. The van der Waals surface area contributed by atoms with Crippen LogP contribution in [0.15, 0.2) is 115 Å². The van der Waals surface area contributed by atoms with Crippen LogP contribution in [0.25, 0.3) is 50.5 Å². The van der Waals surface area contributed by atoms with E-state index in [2.05, 4.69) is 76.3 Å². The Labute approximate surface area is 203 Å². The summed E-state index contributed by atoms with van der Waals surface area (Å²) < 4.78 is 2.11. The molecule has 2 aromatic heterocycles. The number of aromatic nitrogens is 3. The van der Waals surface area contributed by atoms with E-state index in [4.69, 9.17) is 4.98 Å². The van der Waals surface area contributed by atoms with Gasteiger partial charge in [-0.05, 0) is 60.5 Å². The van der Waals surface area contributed by atoms with Gasteiger partial charge in [-0.2, -0.15) is 0 Å². The maximum atomic E-state index is 10.7. The van der Waals surface area contributed by atoms with Crippen LogP contribution in [-0.4, -0.2) is 19.6 Å². The summed E-state index contributed by atoms with van der Waals surface area (Å²) in [6.07, 6.45) is 1.89. The highest BCUT2D eigenvalue weighted by molar-refractivity contribution is 5.96. The van der Waals surface area contributed by atoms with Crippen molar-refractivity contribution in [1.29, 1.82) is 0 Å². The Kier molecular flexibility index (Phi) is 5.12. The molecule has 0 aliphatic heterocycles. The van der Waals surface area contributed by atoms with Crippen LogP contribution in [0.2, 0.25) is 0 Å². The van der Waals surface area contributed by atoms with Crippen molar-refractivity contribution < 1.29 is 5.11 Å². The molecule has 0 spiro atoms. The fraction of sp³-hybridized carbons (Fsp3) is 0.0323. The van der Waals surface area contributed by atoms with E-state index in [-0.39, 0.29) is 5.75 Å². The number of nitrogens with zero attached hydrogens (tertiary/aromatic N) is 3. The van der Waals surface area contributed by atoms with E-state index in [1.54, 1.807) is 6.07 Å². The van der Waals surface area contributed by atoms with Crippen LogP contribution in [0.5, 0.6) is 5.75 Å². The fourth-order valence-electron chi connectivity index (χ4n) is 4.50. The molecule has 0 saturated heterocycles. The van der Waals surface area contributed by atoms with Gasteiger partial charge in [-0.15, -0.1) is 0 Å². The van der Waals surface area contributed by atoms with Crippen molar-refractivity contribution in [2.24, 2.45) is 0 Å². The molecule has 0 aliphatic carbocycles. The third kappa shape index (κ3) is 3.75. The van der Waals surface area contributed by atoms with Crippen LogP contribution in [0.4, 0.5) is 0 Å². The fourth-order valence-corrected chi connectivity index (χ4v) is 4.50. The molecule has 4 aromatic carbocycles. The molecule has 0 fully saturated rings. The second-order valence-corrected chi connectivity index (χ2v) is 8.60. The molecule has 0 saturated carbocycles. The maximum absolute atomic E-state index is 10.7. The molecular formula is C31H23N3O. The zero-order valence-corrected chi connectivity index (χ0v) is 19.3. The predicted octanol–water partition coefficient (Wildman–Crippen LogP) is 7.44. The summed E-state index contributed by atoms with van der Waals surface area (Å²) in [7, 11) is 0. The largest absolute Gasteiger partial charge is 0.507 e. The predicted molar refractivity (Wildman–Crippen MR) is 142 cm³/mol. The summed E-state index contributed by atoms with van der Waals surface area (Å²) in [5.41, 5.74) is 8.77. The molecule has 35 heavy (non-hydrogen) atoms. The minimum absolute atomic E-state index is 0.203. The van der Waals surface area contributed by atoms with Gasteiger partial charge in [0.15, 0.2) is 0 Å². The van der Waals surface area contributed by atoms with Crippen molar-refractivity contribution in [3.8, 4) is 45.2 Å². The minimum atomic E-state index is 0.203. The van der Waals surface area contributed by atoms with E-state index in [1.165, 1.54) is 0 Å². The first-order valence-electron chi connectivity index (χ1n) is 11.6. The molecule has 0 atom stereocenters. The Morgan fingerprint density at radius 3 is 2.23 bits per heavy atom. The van der Waals surface area contributed by atoms with Gasteiger partial charge in [-0.25, -0.2) is 4.98 Å². The van der Waals surface area contributed by atoms with Crippen LogP contribution in [-0.2, 0) is 0 Å². The molecule has 0 radical (unpaired) electrons. The highest BCUT2D eigenvalue weighted by Crippen LogP contribution is 2.37. The van der Waals surface area contributed by atoms with Crippen LogP contribution in [0.1, 0.15) is 5.56 Å². The van der Waals surface area contributed by atoms with Crippen molar-refractivity contribution in [1.82, 2.24) is 14.5 Å². The lowest BCUT2D eigenvalue weighted by atomic mass is 10.00. The normalized spacial score (nSPS) is 11.1. The number of hydrogen-bond donors (Lipinski definition) is 1. The zero-order chi connectivity index (χ0) is 23.8. The lowest BCUT2D eigenvalue weighted by Gasteiger charge is -2.11. The second-order valence-electron chi connectivity index (χ2n) is 8.60. The lowest BCUT2D eigenvalue weighted by molar-refractivity contribution is 0.477. The van der Waals surface area contributed by atoms with Crippen molar-refractivity contribution in [2.45, 2.75) is 6.92 Å². The molecule has 4 nitrogen and oxygen atoms in total. The van der Waals surface area contributed by atoms with Gasteiger partial charge in [0.2, 0.25) is 0 Å². The van der Waals surface area contributed by atoms with Crippen LogP contribution >= 0.6 is 0 Å². The third-order valence-corrected chi connectivity index (χ3v) is 6.23. The molecule has 168 valence electrons. The van der Waals surface area contributed by atoms with E-state index in [9.17, 15) is 5.11 Å². The number of phenols is 1. The summed E-state index contributed by atoms with van der Waals surface area (Å²) in [4.78, 5) is 9.70. The van der Waals surface area contributed by atoms with Crippen LogP contribution in [0, 0.1) is 6.92 Å². The number of benzene rings is 4. The quantitative estimate of drug-likeness (QED) is 0.302. The van der Waals surface area contributed by atoms with E-state index in [0.29, 0.717) is 11.4 Å². The van der Waals surface area contributed by atoms with Gasteiger partial charge >= 0.3 is 0 Å². The lowest BCUT2D eigenvalue weighted by Crippen LogP contribution is -1.97. The Bertz CT molecular complexity index is 1650. The van der Waals surface area contributed by atoms with Gasteiger partial charge in [-0.3, -0.25) is 9.55 Å². The Morgan fingerprint density at radius 2 is 1.43 bits per heavy atom. The van der Waals surface area contributed by atoms with Crippen LogP contribution in [0.3, 0.4) is 0 Å². The topological polar surface area (TPSA) is 50.9 Å². The number of para-hydroxylation sites is 3. The molecule has 6 aromatic rings. The number of phenolic OH excluding ortho intramolecular Hbond substituents is 1. The van der Waals surface area contributed by atoms with E-state index in [0.717, 1.165) is 44.7 Å². The first-order chi connectivity index (χ1) is 17.2. The smallest absolute Gasteiger partial charge is 0.149 e. The van der Waals surface area contributed by atoms with Crippen molar-refractivity contribution >= 4 is 11.0 Å². The number of aryl methyl sites for hydroxylation is 1. The highest BCUT2D eigenvalue weighted by Gasteiger charge is 2.19. The van der Waals surface area contributed by atoms with Gasteiger partial charge in [-0.1, -0.05) is 66.7 Å². The molecule has 2 heterocycles. The number of fused-ring (bicyclic) bond motifs is 1. The average molecular weight is 454 g/mol. The van der Waals surface area contributed by atoms with Crippen molar-refractivity contribution in [3.63, 3.8) is 0 Å². The van der Waals surface area contributed by atoms with E-state index < -0.39 is 0 Å². The molecule has 6 rings (SSSR count). The number of rotatable bonds is 4. The molecule has 0 bridgehead atoms. The number of imidazole rings is 1. The van der Waals surface area contributed by atoms with Crippen LogP contribution < -0.4 is 0 Å². The zero-order valence-electron chi connectivity index (χ0n) is 19.3. The molecule has 0 amide bonds. The number of pyridine rings is 1. The van der Waals surface area contributed by atoms with E-state index in [1.807, 2.05) is 49.5 Å². The minimum Gasteiger partial charge on any atom is -0.507 e. The first-order valence-corrected chi connectivity index (χ1v) is 11.6. The van der Waals surface area contributed by atoms with Crippen molar-refractivity contribution in [2.75, 3.05) is 0 Å². The van der Waals surface area contributed by atoms with Crippen molar-refractivity contribution in [3.05, 3.63) is 121 Å². The Hall–Kier alpha value is -4.70. The second kappa shape index (κ2) is 8.58. The summed E-state index contributed by atoms with van der Waals surface area (Å²) in [5.74, 6) is 0.905. The number of aromatic hydroxyl groups is 1. The Morgan fingerprint density at radius 1 is 0.686 bits per heavy atom. The van der Waals surface area contributed by atoms with E-state index >= 15 is 0 Å². The maximum Gasteiger partial charge on any atom is 0.149 e. The molecule has 0 aliphatic rings. The SMILES string of the molecule is Cc1ccc(-c2cccc(-c3cccc4c3nc(-c3ccccc3O)n4-c3ccccc3)c2)nc1. The monoisotopic (exact) mass is 453 g/mol. The van der Waals surface area contributed by atoms with Gasteiger partial charge in [0, 0.05) is 23.0 Å². The Balaban J connectivity index is 1.59. The summed E-state index contributed by atoms with van der Waals surface area (Å²) in [6.45, 7) is 2.04.